The zero-order valence-electron chi connectivity index (χ0n) is 8.34. The summed E-state index contributed by atoms with van der Waals surface area (Å²) in [4.78, 5) is 14.2. The van der Waals surface area contributed by atoms with E-state index in [4.69, 9.17) is 11.0 Å². The van der Waals surface area contributed by atoms with Crippen molar-refractivity contribution in [3.63, 3.8) is 0 Å². The molecular weight excluding hydrogens is 228 g/mol. The number of hydrogen-bond donors (Lipinski definition) is 2. The monoisotopic (exact) mass is 238 g/mol. The molecular formula is C9H10N4O2S. The first kappa shape index (κ1) is 12.1. The van der Waals surface area contributed by atoms with E-state index in [9.17, 15) is 4.79 Å². The lowest BCUT2D eigenvalue weighted by Crippen LogP contribution is -2.10. The maximum Gasteiger partial charge on any atom is 0.284 e. The van der Waals surface area contributed by atoms with Crippen molar-refractivity contribution in [2.45, 2.75) is 0 Å². The first-order chi connectivity index (χ1) is 7.74. The molecule has 0 radical (unpaired) electrons. The molecule has 0 aromatic carbocycles. The van der Waals surface area contributed by atoms with E-state index in [1.165, 1.54) is 12.3 Å². The Hall–Kier alpha value is -1.94. The van der Waals surface area contributed by atoms with E-state index in [1.807, 2.05) is 6.19 Å². The Labute approximate surface area is 96.5 Å². The van der Waals surface area contributed by atoms with Crippen molar-refractivity contribution < 1.29 is 9.21 Å². The van der Waals surface area contributed by atoms with Crippen LogP contribution in [0.15, 0.2) is 27.8 Å². The van der Waals surface area contributed by atoms with E-state index in [2.05, 4.69) is 14.7 Å². The fraction of sp³-hybridized carbons (Fsp3) is 0.222. The zero-order chi connectivity index (χ0) is 11.8. The van der Waals surface area contributed by atoms with Crippen LogP contribution in [0, 0.1) is 11.5 Å². The van der Waals surface area contributed by atoms with Crippen LogP contribution >= 0.6 is 11.8 Å². The Morgan fingerprint density at radius 1 is 1.75 bits per heavy atom. The van der Waals surface area contributed by atoms with Gasteiger partial charge in [-0.2, -0.15) is 5.26 Å². The third-order valence-electron chi connectivity index (χ3n) is 1.51. The van der Waals surface area contributed by atoms with Crippen LogP contribution in [0.4, 0.5) is 0 Å². The molecule has 6 nitrogen and oxygen atoms in total. The summed E-state index contributed by atoms with van der Waals surface area (Å²) < 4.78 is 4.62. The fourth-order valence-corrected chi connectivity index (χ4v) is 1.55. The van der Waals surface area contributed by atoms with Gasteiger partial charge in [-0.3, -0.25) is 15.1 Å². The third kappa shape index (κ3) is 4.06. The number of furan rings is 1. The lowest BCUT2D eigenvalue weighted by molar-refractivity contribution is 0.0974. The summed E-state index contributed by atoms with van der Waals surface area (Å²) in [5, 5.41) is 11.3. The molecule has 0 fully saturated rings. The quantitative estimate of drug-likeness (QED) is 0.548. The number of primary amides is 1. The smallest absolute Gasteiger partial charge is 0.284 e. The predicted octanol–water partition coefficient (Wildman–Crippen LogP) is 0.538. The highest BCUT2D eigenvalue weighted by molar-refractivity contribution is 8.14. The minimum atomic E-state index is -0.532. The number of nitriles is 1. The van der Waals surface area contributed by atoms with Crippen molar-refractivity contribution in [3.8, 4) is 6.19 Å². The summed E-state index contributed by atoms with van der Waals surface area (Å²) in [6, 6.07) is 3.13. The van der Waals surface area contributed by atoms with Gasteiger partial charge in [-0.05, 0) is 12.1 Å². The highest BCUT2D eigenvalue weighted by Crippen LogP contribution is 2.07. The lowest BCUT2D eigenvalue weighted by Gasteiger charge is -1.87. The second-order valence-corrected chi connectivity index (χ2v) is 3.70. The largest absolute Gasteiger partial charge is 0.459 e. The number of rotatable bonds is 1. The minimum absolute atomic E-state index is 0.199. The number of amides is 1. The molecule has 16 heavy (non-hydrogen) atoms. The normalized spacial score (nSPS) is 13.1. The molecule has 1 aromatic heterocycles. The van der Waals surface area contributed by atoms with Crippen molar-refractivity contribution >= 4 is 22.8 Å². The molecule has 0 bridgehead atoms. The molecule has 7 heteroatoms. The maximum atomic E-state index is 10.2. The fourth-order valence-electron chi connectivity index (χ4n) is 0.877. The average Bonchev–Trinajstić information content (AvgIpc) is 2.91. The van der Waals surface area contributed by atoms with Crippen LogP contribution in [-0.4, -0.2) is 23.4 Å². The summed E-state index contributed by atoms with van der Waals surface area (Å²) >= 11 is 1.58. The number of nitrogens with two attached hydrogens (primary N) is 1. The summed E-state index contributed by atoms with van der Waals surface area (Å²) in [5.41, 5.74) is 4.83. The summed E-state index contributed by atoms with van der Waals surface area (Å²) in [5.74, 6) is 0.671. The molecule has 1 aliphatic rings. The molecule has 0 unspecified atom stereocenters. The highest BCUT2D eigenvalue weighted by atomic mass is 32.2. The number of hydrogen-bond acceptors (Lipinski definition) is 6. The molecule has 0 saturated heterocycles. The molecule has 0 spiro atoms. The van der Waals surface area contributed by atoms with Crippen LogP contribution in [0.1, 0.15) is 10.6 Å². The number of thioether (sulfide) groups is 1. The van der Waals surface area contributed by atoms with E-state index in [-0.39, 0.29) is 5.76 Å². The SMILES string of the molecule is N#CNC1=NCCS1.NC(=O)c1ccco1. The maximum absolute atomic E-state index is 10.2. The number of carbonyl (C=O) groups is 1. The van der Waals surface area contributed by atoms with Gasteiger partial charge in [-0.15, -0.1) is 0 Å². The lowest BCUT2D eigenvalue weighted by atomic mass is 10.4. The van der Waals surface area contributed by atoms with E-state index in [1.54, 1.807) is 17.8 Å². The van der Waals surface area contributed by atoms with Gasteiger partial charge in [0, 0.05) is 5.75 Å². The number of amidine groups is 1. The van der Waals surface area contributed by atoms with Crippen LogP contribution in [-0.2, 0) is 0 Å². The summed E-state index contributed by atoms with van der Waals surface area (Å²) in [6.45, 7) is 0.842. The van der Waals surface area contributed by atoms with E-state index < -0.39 is 5.91 Å². The van der Waals surface area contributed by atoms with Gasteiger partial charge >= 0.3 is 0 Å². The molecule has 1 amide bonds. The van der Waals surface area contributed by atoms with Crippen LogP contribution in [0.3, 0.4) is 0 Å². The Morgan fingerprint density at radius 3 is 2.94 bits per heavy atom. The van der Waals surface area contributed by atoms with Crippen LogP contribution in [0.2, 0.25) is 0 Å². The Morgan fingerprint density at radius 2 is 2.56 bits per heavy atom. The predicted molar refractivity (Wildman–Crippen MR) is 60.7 cm³/mol. The minimum Gasteiger partial charge on any atom is -0.459 e. The first-order valence-corrected chi connectivity index (χ1v) is 5.38. The molecule has 1 aliphatic heterocycles. The topological polar surface area (TPSA) is 104 Å². The molecule has 0 saturated carbocycles. The van der Waals surface area contributed by atoms with Gasteiger partial charge < -0.3 is 10.2 Å². The van der Waals surface area contributed by atoms with Crippen molar-refractivity contribution in [3.05, 3.63) is 24.2 Å². The van der Waals surface area contributed by atoms with E-state index >= 15 is 0 Å². The van der Waals surface area contributed by atoms with E-state index in [0.717, 1.165) is 17.5 Å². The third-order valence-corrected chi connectivity index (χ3v) is 2.40. The van der Waals surface area contributed by atoms with Gasteiger partial charge in [0.15, 0.2) is 17.1 Å². The van der Waals surface area contributed by atoms with Crippen LogP contribution in [0.25, 0.3) is 0 Å². The Kier molecular flexibility index (Phi) is 4.95. The Balaban J connectivity index is 0.000000160. The molecule has 2 heterocycles. The van der Waals surface area contributed by atoms with Gasteiger partial charge in [-0.25, -0.2) is 0 Å². The van der Waals surface area contributed by atoms with Gasteiger partial charge in [-0.1, -0.05) is 11.8 Å². The van der Waals surface area contributed by atoms with Gasteiger partial charge in [0.25, 0.3) is 5.91 Å². The Bertz CT molecular complexity index is 408. The van der Waals surface area contributed by atoms with Crippen molar-refractivity contribution in [2.24, 2.45) is 10.7 Å². The number of nitrogens with zero attached hydrogens (tertiary/aromatic N) is 2. The molecule has 3 N–H and O–H groups in total. The average molecular weight is 238 g/mol. The van der Waals surface area contributed by atoms with Crippen molar-refractivity contribution in [2.75, 3.05) is 12.3 Å². The number of carbonyl (C=O) groups excluding carboxylic acids is 1. The molecule has 2 rings (SSSR count). The van der Waals surface area contributed by atoms with Gasteiger partial charge in [0.05, 0.1) is 12.8 Å². The molecule has 0 atom stereocenters. The number of nitrogens with one attached hydrogen (secondary N) is 1. The summed E-state index contributed by atoms with van der Waals surface area (Å²) in [7, 11) is 0. The second-order valence-electron chi connectivity index (χ2n) is 2.61. The summed E-state index contributed by atoms with van der Waals surface area (Å²) in [6.07, 6.45) is 3.21. The molecule has 0 aliphatic carbocycles. The van der Waals surface area contributed by atoms with Crippen molar-refractivity contribution in [1.29, 1.82) is 5.26 Å². The highest BCUT2D eigenvalue weighted by Gasteiger charge is 2.03. The van der Waals surface area contributed by atoms with Gasteiger partial charge in [0.1, 0.15) is 0 Å². The standard InChI is InChI=1S/C5H5NO2.C4H5N3S/c6-5(7)4-2-1-3-8-4;5-3-7-4-6-1-2-8-4/h1-3H,(H2,6,7);1-2H2,(H,6,7). The van der Waals surface area contributed by atoms with E-state index in [0.29, 0.717) is 0 Å². The van der Waals surface area contributed by atoms with Crippen LogP contribution < -0.4 is 11.1 Å². The zero-order valence-corrected chi connectivity index (χ0v) is 9.16. The molecule has 1 aromatic rings. The van der Waals surface area contributed by atoms with Crippen molar-refractivity contribution in [1.82, 2.24) is 5.32 Å². The van der Waals surface area contributed by atoms with Crippen LogP contribution in [0.5, 0.6) is 0 Å². The number of aliphatic imine (C=N–C) groups is 1. The second kappa shape index (κ2) is 6.53. The first-order valence-electron chi connectivity index (χ1n) is 4.39. The molecule has 84 valence electrons. The van der Waals surface area contributed by atoms with Gasteiger partial charge in [0.2, 0.25) is 0 Å².